The fourth-order valence-corrected chi connectivity index (χ4v) is 1.63. The molecule has 0 bridgehead atoms. The Hall–Kier alpha value is -2.22. The van der Waals surface area contributed by atoms with Gasteiger partial charge in [-0.2, -0.15) is 0 Å². The summed E-state index contributed by atoms with van der Waals surface area (Å²) >= 11 is 0. The van der Waals surface area contributed by atoms with E-state index in [0.29, 0.717) is 0 Å². The van der Waals surface area contributed by atoms with Crippen molar-refractivity contribution in [2.24, 2.45) is 0 Å². The van der Waals surface area contributed by atoms with E-state index in [1.807, 2.05) is 49.4 Å². The first-order valence-electron chi connectivity index (χ1n) is 5.42. The van der Waals surface area contributed by atoms with Crippen molar-refractivity contribution in [3.8, 4) is 11.5 Å². The lowest BCUT2D eigenvalue weighted by Gasteiger charge is -2.04. The van der Waals surface area contributed by atoms with Gasteiger partial charge in [-0.3, -0.25) is 0 Å². The van der Waals surface area contributed by atoms with E-state index in [0.717, 1.165) is 16.7 Å². The van der Waals surface area contributed by atoms with Gasteiger partial charge in [0, 0.05) is 6.07 Å². The van der Waals surface area contributed by atoms with Gasteiger partial charge >= 0.3 is 0 Å². The second-order valence-electron chi connectivity index (χ2n) is 3.92. The summed E-state index contributed by atoms with van der Waals surface area (Å²) < 4.78 is 0. The van der Waals surface area contributed by atoms with Crippen molar-refractivity contribution in [1.82, 2.24) is 0 Å². The molecule has 2 aromatic carbocycles. The van der Waals surface area contributed by atoms with Crippen LogP contribution in [0.4, 0.5) is 0 Å². The second-order valence-corrected chi connectivity index (χ2v) is 3.92. The third-order valence-corrected chi connectivity index (χ3v) is 2.66. The fraction of sp³-hybridized carbons (Fsp3) is 0.0667. The highest BCUT2D eigenvalue weighted by Gasteiger charge is 2.02. The lowest BCUT2D eigenvalue weighted by atomic mass is 10.1. The molecule has 0 aliphatic carbocycles. The maximum Gasteiger partial charge on any atom is 0.122 e. The van der Waals surface area contributed by atoms with Crippen LogP contribution in [0.2, 0.25) is 0 Å². The molecule has 2 nitrogen and oxygen atoms in total. The Morgan fingerprint density at radius 3 is 2.35 bits per heavy atom. The lowest BCUT2D eigenvalue weighted by Crippen LogP contribution is -1.81. The van der Waals surface area contributed by atoms with Crippen LogP contribution in [0.25, 0.3) is 12.2 Å². The Bertz CT molecular complexity index is 542. The largest absolute Gasteiger partial charge is 0.508 e. The smallest absolute Gasteiger partial charge is 0.122 e. The Balaban J connectivity index is 2.33. The molecule has 0 spiro atoms. The second kappa shape index (κ2) is 4.74. The van der Waals surface area contributed by atoms with Crippen molar-refractivity contribution in [3.63, 3.8) is 0 Å². The molecule has 2 heteroatoms. The molecule has 0 unspecified atom stereocenters. The van der Waals surface area contributed by atoms with Gasteiger partial charge in [-0.05, 0) is 29.7 Å². The van der Waals surface area contributed by atoms with E-state index in [1.165, 1.54) is 6.07 Å². The number of phenolic OH excluding ortho intramolecular Hbond substituents is 2. The molecule has 0 amide bonds. The Morgan fingerprint density at radius 2 is 1.65 bits per heavy atom. The number of rotatable bonds is 2. The average molecular weight is 226 g/mol. The molecular weight excluding hydrogens is 212 g/mol. The first-order valence-corrected chi connectivity index (χ1v) is 5.42. The number of phenols is 2. The van der Waals surface area contributed by atoms with Crippen LogP contribution in [0.3, 0.4) is 0 Å². The molecule has 0 heterocycles. The molecule has 0 aromatic heterocycles. The number of hydrogen-bond acceptors (Lipinski definition) is 2. The molecule has 0 saturated carbocycles. The molecule has 0 radical (unpaired) electrons. The molecule has 86 valence electrons. The van der Waals surface area contributed by atoms with Gasteiger partial charge in [-0.25, -0.2) is 0 Å². The van der Waals surface area contributed by atoms with Crippen LogP contribution >= 0.6 is 0 Å². The zero-order valence-electron chi connectivity index (χ0n) is 9.59. The van der Waals surface area contributed by atoms with Crippen molar-refractivity contribution < 1.29 is 10.2 Å². The van der Waals surface area contributed by atoms with Crippen molar-refractivity contribution in [2.75, 3.05) is 0 Å². The third-order valence-electron chi connectivity index (χ3n) is 2.66. The van der Waals surface area contributed by atoms with Gasteiger partial charge < -0.3 is 10.2 Å². The molecular formula is C15H14O2. The topological polar surface area (TPSA) is 40.5 Å². The van der Waals surface area contributed by atoms with Gasteiger partial charge in [0.25, 0.3) is 0 Å². The molecule has 2 N–H and O–H groups in total. The molecule has 0 saturated heterocycles. The summed E-state index contributed by atoms with van der Waals surface area (Å²) in [6.07, 6.45) is 3.82. The van der Waals surface area contributed by atoms with Crippen molar-refractivity contribution in [3.05, 3.63) is 59.2 Å². The van der Waals surface area contributed by atoms with Gasteiger partial charge in [0.2, 0.25) is 0 Å². The summed E-state index contributed by atoms with van der Waals surface area (Å²) in [7, 11) is 0. The summed E-state index contributed by atoms with van der Waals surface area (Å²) in [5.41, 5.74) is 2.65. The van der Waals surface area contributed by atoms with Gasteiger partial charge in [0.15, 0.2) is 0 Å². The molecule has 0 aliphatic heterocycles. The molecule has 0 atom stereocenters. The maximum absolute atomic E-state index is 9.58. The van der Waals surface area contributed by atoms with Crippen LogP contribution in [-0.2, 0) is 0 Å². The van der Waals surface area contributed by atoms with Gasteiger partial charge in [-0.1, -0.05) is 42.5 Å². The SMILES string of the molecule is Cc1c(O)cc(O)cc1/C=C/c1ccccc1. The highest BCUT2D eigenvalue weighted by molar-refractivity contribution is 5.73. The van der Waals surface area contributed by atoms with E-state index in [1.54, 1.807) is 6.07 Å². The monoisotopic (exact) mass is 226 g/mol. The van der Waals surface area contributed by atoms with Crippen molar-refractivity contribution in [2.45, 2.75) is 6.92 Å². The summed E-state index contributed by atoms with van der Waals surface area (Å²) in [6.45, 7) is 1.82. The first kappa shape index (κ1) is 11.3. The van der Waals surface area contributed by atoms with Gasteiger partial charge in [0.1, 0.15) is 11.5 Å². The summed E-state index contributed by atoms with van der Waals surface area (Å²) in [5.74, 6) is 0.179. The average Bonchev–Trinajstić information content (AvgIpc) is 2.33. The van der Waals surface area contributed by atoms with Crippen LogP contribution in [0.5, 0.6) is 11.5 Å². The van der Waals surface area contributed by atoms with E-state index < -0.39 is 0 Å². The van der Waals surface area contributed by atoms with Crippen molar-refractivity contribution in [1.29, 1.82) is 0 Å². The van der Waals surface area contributed by atoms with E-state index in [2.05, 4.69) is 0 Å². The normalized spacial score (nSPS) is 10.9. The molecule has 2 aromatic rings. The van der Waals surface area contributed by atoms with Crippen LogP contribution < -0.4 is 0 Å². The molecule has 17 heavy (non-hydrogen) atoms. The molecule has 2 rings (SSSR count). The zero-order chi connectivity index (χ0) is 12.3. The quantitative estimate of drug-likeness (QED) is 0.768. The van der Waals surface area contributed by atoms with E-state index in [-0.39, 0.29) is 11.5 Å². The highest BCUT2D eigenvalue weighted by atomic mass is 16.3. The number of benzene rings is 2. The van der Waals surface area contributed by atoms with E-state index >= 15 is 0 Å². The number of aromatic hydroxyl groups is 2. The van der Waals surface area contributed by atoms with Crippen LogP contribution in [-0.4, -0.2) is 10.2 Å². The minimum atomic E-state index is 0.0702. The Labute approximate surface area is 100 Å². The van der Waals surface area contributed by atoms with Crippen LogP contribution in [0.15, 0.2) is 42.5 Å². The van der Waals surface area contributed by atoms with E-state index in [4.69, 9.17) is 0 Å². The Morgan fingerprint density at radius 1 is 0.941 bits per heavy atom. The zero-order valence-corrected chi connectivity index (χ0v) is 9.59. The molecule has 0 fully saturated rings. The Kier molecular flexibility index (Phi) is 3.15. The van der Waals surface area contributed by atoms with Crippen LogP contribution in [0, 0.1) is 6.92 Å². The molecule has 0 aliphatic rings. The first-order chi connectivity index (χ1) is 8.16. The van der Waals surface area contributed by atoms with Gasteiger partial charge in [0.05, 0.1) is 0 Å². The van der Waals surface area contributed by atoms with E-state index in [9.17, 15) is 10.2 Å². The van der Waals surface area contributed by atoms with Crippen LogP contribution in [0.1, 0.15) is 16.7 Å². The lowest BCUT2D eigenvalue weighted by molar-refractivity contribution is 0.447. The van der Waals surface area contributed by atoms with Crippen molar-refractivity contribution >= 4 is 12.2 Å². The summed E-state index contributed by atoms with van der Waals surface area (Å²) in [4.78, 5) is 0. The van der Waals surface area contributed by atoms with Gasteiger partial charge in [-0.15, -0.1) is 0 Å². The summed E-state index contributed by atoms with van der Waals surface area (Å²) in [5, 5.41) is 19.0. The number of hydrogen-bond donors (Lipinski definition) is 2. The fourth-order valence-electron chi connectivity index (χ4n) is 1.63. The standard InChI is InChI=1S/C15H14O2/c1-11-13(9-14(16)10-15(11)17)8-7-12-5-3-2-4-6-12/h2-10,16-17H,1H3/b8-7+. The summed E-state index contributed by atoms with van der Waals surface area (Å²) in [6, 6.07) is 12.9. The third kappa shape index (κ3) is 2.67. The highest BCUT2D eigenvalue weighted by Crippen LogP contribution is 2.27. The predicted molar refractivity (Wildman–Crippen MR) is 69.9 cm³/mol. The maximum atomic E-state index is 9.58. The minimum absolute atomic E-state index is 0.0702. The minimum Gasteiger partial charge on any atom is -0.508 e. The predicted octanol–water partition coefficient (Wildman–Crippen LogP) is 3.58.